The number of aryl methyl sites for hydroxylation is 2. The molecule has 0 N–H and O–H groups in total. The minimum atomic E-state index is -0.912. The van der Waals surface area contributed by atoms with E-state index < -0.39 is 23.3 Å². The molecule has 4 rings (SSSR count). The van der Waals surface area contributed by atoms with Crippen LogP contribution in [-0.2, 0) is 12.8 Å². The van der Waals surface area contributed by atoms with E-state index in [-0.39, 0.29) is 16.7 Å². The molecule has 0 aromatic heterocycles. The van der Waals surface area contributed by atoms with Gasteiger partial charge >= 0.3 is 0 Å². The second kappa shape index (κ2) is 12.7. The molecule has 4 aromatic carbocycles. The van der Waals surface area contributed by atoms with Gasteiger partial charge in [-0.05, 0) is 47.1 Å². The van der Waals surface area contributed by atoms with Crippen LogP contribution in [0.15, 0.2) is 72.8 Å². The van der Waals surface area contributed by atoms with Gasteiger partial charge in [-0.15, -0.1) is 0 Å². The standard InChI is InChI=1S/C34H32F4/c1-3-5-6-8-27-19-21-29(33(37)31(27)35)26-16-11-24(12-17-26)13-18-28-20-22-30(34(38)32(28)36)25-14-9-23(7-4-2)10-15-25/h9-22H,3-8H2,1-2H3/b18-13+. The summed E-state index contributed by atoms with van der Waals surface area (Å²) >= 11 is 0. The summed E-state index contributed by atoms with van der Waals surface area (Å²) in [7, 11) is 0. The van der Waals surface area contributed by atoms with Crippen LogP contribution in [0, 0.1) is 23.3 Å². The molecular weight excluding hydrogens is 484 g/mol. The number of unbranched alkanes of at least 4 members (excludes halogenated alkanes) is 2. The van der Waals surface area contributed by atoms with Gasteiger partial charge in [-0.3, -0.25) is 0 Å². The van der Waals surface area contributed by atoms with Crippen LogP contribution in [0.25, 0.3) is 34.4 Å². The monoisotopic (exact) mass is 516 g/mol. The summed E-state index contributed by atoms with van der Waals surface area (Å²) in [6, 6.07) is 20.8. The lowest BCUT2D eigenvalue weighted by molar-refractivity contribution is 0.498. The van der Waals surface area contributed by atoms with Crippen LogP contribution in [0.3, 0.4) is 0 Å². The second-order valence-electron chi connectivity index (χ2n) is 9.59. The molecule has 0 heterocycles. The Morgan fingerprint density at radius 1 is 0.526 bits per heavy atom. The first-order valence-corrected chi connectivity index (χ1v) is 13.3. The average Bonchev–Trinajstić information content (AvgIpc) is 2.93. The van der Waals surface area contributed by atoms with Crippen LogP contribution in [-0.4, -0.2) is 0 Å². The Labute approximate surface area is 222 Å². The molecule has 0 nitrogen and oxygen atoms in total. The van der Waals surface area contributed by atoms with E-state index >= 15 is 0 Å². The quantitative estimate of drug-likeness (QED) is 0.112. The van der Waals surface area contributed by atoms with E-state index in [4.69, 9.17) is 0 Å². The molecule has 4 heteroatoms. The minimum Gasteiger partial charge on any atom is -0.203 e. The zero-order chi connectivity index (χ0) is 27.1. The van der Waals surface area contributed by atoms with Crippen LogP contribution in [0.4, 0.5) is 17.6 Å². The molecule has 0 atom stereocenters. The summed E-state index contributed by atoms with van der Waals surface area (Å²) < 4.78 is 59.0. The summed E-state index contributed by atoms with van der Waals surface area (Å²) in [5.74, 6) is -3.44. The summed E-state index contributed by atoms with van der Waals surface area (Å²) in [6.45, 7) is 4.16. The SMILES string of the molecule is CCCCCc1ccc(-c2ccc(/C=C/c3ccc(-c4ccc(CCC)cc4)c(F)c3F)cc2)c(F)c1F. The molecule has 38 heavy (non-hydrogen) atoms. The molecule has 0 aliphatic rings. The lowest BCUT2D eigenvalue weighted by Crippen LogP contribution is -1.97. The van der Waals surface area contributed by atoms with Gasteiger partial charge in [0, 0.05) is 16.7 Å². The lowest BCUT2D eigenvalue weighted by Gasteiger charge is -2.09. The highest BCUT2D eigenvalue weighted by atomic mass is 19.2. The Morgan fingerprint density at radius 3 is 1.76 bits per heavy atom. The minimum absolute atomic E-state index is 0.129. The Hall–Kier alpha value is -3.66. The molecule has 0 fully saturated rings. The van der Waals surface area contributed by atoms with Crippen molar-refractivity contribution in [2.24, 2.45) is 0 Å². The molecule has 0 saturated heterocycles. The van der Waals surface area contributed by atoms with Crippen molar-refractivity contribution in [3.63, 3.8) is 0 Å². The Kier molecular flexibility index (Phi) is 9.17. The predicted octanol–water partition coefficient (Wildman–Crippen LogP) is 10.4. The molecule has 4 aromatic rings. The highest BCUT2D eigenvalue weighted by Crippen LogP contribution is 2.30. The van der Waals surface area contributed by atoms with E-state index in [1.54, 1.807) is 54.6 Å². The van der Waals surface area contributed by atoms with Gasteiger partial charge in [0.1, 0.15) is 0 Å². The number of rotatable bonds is 10. The maximum Gasteiger partial charge on any atom is 0.167 e. The van der Waals surface area contributed by atoms with Crippen LogP contribution >= 0.6 is 0 Å². The number of benzene rings is 4. The second-order valence-corrected chi connectivity index (χ2v) is 9.59. The maximum atomic E-state index is 14.9. The van der Waals surface area contributed by atoms with Crippen molar-refractivity contribution in [2.45, 2.75) is 52.4 Å². The summed E-state index contributed by atoms with van der Waals surface area (Å²) in [6.07, 6.45) is 8.47. The fraction of sp³-hybridized carbons (Fsp3) is 0.235. The van der Waals surface area contributed by atoms with Crippen molar-refractivity contribution in [2.75, 3.05) is 0 Å². The number of halogens is 4. The van der Waals surface area contributed by atoms with Crippen molar-refractivity contribution in [1.29, 1.82) is 0 Å². The molecule has 0 spiro atoms. The summed E-state index contributed by atoms with van der Waals surface area (Å²) in [5.41, 5.74) is 4.01. The molecule has 0 aliphatic heterocycles. The fourth-order valence-electron chi connectivity index (χ4n) is 4.59. The van der Waals surface area contributed by atoms with E-state index in [0.717, 1.165) is 43.2 Å². The van der Waals surface area contributed by atoms with Crippen molar-refractivity contribution >= 4 is 12.2 Å². The molecule has 0 bridgehead atoms. The van der Waals surface area contributed by atoms with Gasteiger partial charge in [0.2, 0.25) is 0 Å². The average molecular weight is 517 g/mol. The third-order valence-corrected chi connectivity index (χ3v) is 6.80. The van der Waals surface area contributed by atoms with Crippen LogP contribution in [0.1, 0.15) is 61.8 Å². The lowest BCUT2D eigenvalue weighted by atomic mass is 9.98. The van der Waals surface area contributed by atoms with Gasteiger partial charge in [0.25, 0.3) is 0 Å². The first kappa shape index (κ1) is 27.4. The van der Waals surface area contributed by atoms with Gasteiger partial charge in [-0.2, -0.15) is 0 Å². The molecular formula is C34H32F4. The Morgan fingerprint density at radius 2 is 1.13 bits per heavy atom. The summed E-state index contributed by atoms with van der Waals surface area (Å²) in [4.78, 5) is 0. The largest absolute Gasteiger partial charge is 0.203 e. The number of hydrogen-bond donors (Lipinski definition) is 0. The van der Waals surface area contributed by atoms with Gasteiger partial charge < -0.3 is 0 Å². The highest BCUT2D eigenvalue weighted by Gasteiger charge is 2.15. The Bertz CT molecular complexity index is 1400. The first-order chi connectivity index (χ1) is 18.4. The third kappa shape index (κ3) is 6.24. The van der Waals surface area contributed by atoms with E-state index in [2.05, 4.69) is 13.8 Å². The smallest absolute Gasteiger partial charge is 0.167 e. The van der Waals surface area contributed by atoms with E-state index in [9.17, 15) is 17.6 Å². The van der Waals surface area contributed by atoms with Crippen molar-refractivity contribution in [1.82, 2.24) is 0 Å². The normalized spacial score (nSPS) is 11.4. The molecule has 0 unspecified atom stereocenters. The van der Waals surface area contributed by atoms with Gasteiger partial charge in [0.15, 0.2) is 23.3 Å². The van der Waals surface area contributed by atoms with Crippen LogP contribution in [0.2, 0.25) is 0 Å². The molecule has 0 aliphatic carbocycles. The zero-order valence-corrected chi connectivity index (χ0v) is 21.8. The van der Waals surface area contributed by atoms with Gasteiger partial charge in [-0.25, -0.2) is 17.6 Å². The first-order valence-electron chi connectivity index (χ1n) is 13.3. The molecule has 0 saturated carbocycles. The van der Waals surface area contributed by atoms with E-state index in [1.165, 1.54) is 6.08 Å². The maximum absolute atomic E-state index is 14.9. The predicted molar refractivity (Wildman–Crippen MR) is 150 cm³/mol. The molecule has 0 amide bonds. The van der Waals surface area contributed by atoms with Crippen LogP contribution < -0.4 is 0 Å². The van der Waals surface area contributed by atoms with Gasteiger partial charge in [0.05, 0.1) is 0 Å². The van der Waals surface area contributed by atoms with E-state index in [1.807, 2.05) is 24.3 Å². The zero-order valence-electron chi connectivity index (χ0n) is 21.8. The molecule has 196 valence electrons. The fourth-order valence-corrected chi connectivity index (χ4v) is 4.59. The summed E-state index contributed by atoms with van der Waals surface area (Å²) in [5, 5.41) is 0. The third-order valence-electron chi connectivity index (χ3n) is 6.80. The van der Waals surface area contributed by atoms with Crippen LogP contribution in [0.5, 0.6) is 0 Å². The van der Waals surface area contributed by atoms with E-state index in [0.29, 0.717) is 23.1 Å². The van der Waals surface area contributed by atoms with Crippen molar-refractivity contribution < 1.29 is 17.6 Å². The van der Waals surface area contributed by atoms with Crippen molar-refractivity contribution in [3.05, 3.63) is 118 Å². The Balaban J connectivity index is 1.49. The highest BCUT2D eigenvalue weighted by molar-refractivity contribution is 5.74. The molecule has 0 radical (unpaired) electrons. The van der Waals surface area contributed by atoms with Crippen molar-refractivity contribution in [3.8, 4) is 22.3 Å². The number of hydrogen-bond acceptors (Lipinski definition) is 0. The topological polar surface area (TPSA) is 0 Å². The van der Waals surface area contributed by atoms with Gasteiger partial charge in [-0.1, -0.05) is 118 Å².